The van der Waals surface area contributed by atoms with Gasteiger partial charge in [-0.3, -0.25) is 13.9 Å². The van der Waals surface area contributed by atoms with Crippen molar-refractivity contribution in [2.24, 2.45) is 0 Å². The number of hydrogen-bond donors (Lipinski definition) is 0. The maximum Gasteiger partial charge on any atom is 0.441 e. The van der Waals surface area contributed by atoms with Crippen molar-refractivity contribution in [1.29, 1.82) is 0 Å². The first-order valence-electron chi connectivity index (χ1n) is 10.7. The van der Waals surface area contributed by atoms with Crippen molar-refractivity contribution in [3.05, 3.63) is 92.7 Å². The summed E-state index contributed by atoms with van der Waals surface area (Å²) in [6.07, 6.45) is 0.744. The minimum absolute atomic E-state index is 0. The van der Waals surface area contributed by atoms with E-state index in [4.69, 9.17) is 4.52 Å². The summed E-state index contributed by atoms with van der Waals surface area (Å²) in [4.78, 5) is 26.6. The third-order valence-electron chi connectivity index (χ3n) is 5.22. The highest BCUT2D eigenvalue weighted by molar-refractivity contribution is 5.85. The van der Waals surface area contributed by atoms with Crippen LogP contribution in [0.2, 0.25) is 0 Å². The van der Waals surface area contributed by atoms with Gasteiger partial charge in [0, 0.05) is 29.8 Å². The molecular weight excluding hydrogens is 480 g/mol. The summed E-state index contributed by atoms with van der Waals surface area (Å²) in [7, 11) is 3.91. The molecule has 11 heteroatoms. The van der Waals surface area contributed by atoms with Gasteiger partial charge in [-0.1, -0.05) is 23.4 Å². The molecule has 0 unspecified atom stereocenters. The Morgan fingerprint density at radius 1 is 0.971 bits per heavy atom. The lowest BCUT2D eigenvalue weighted by molar-refractivity contribution is 0.360. The van der Waals surface area contributed by atoms with Crippen LogP contribution in [0, 0.1) is 11.6 Å². The van der Waals surface area contributed by atoms with E-state index in [2.05, 4.69) is 10.3 Å². The maximum absolute atomic E-state index is 13.6. The van der Waals surface area contributed by atoms with E-state index < -0.39 is 17.4 Å². The van der Waals surface area contributed by atoms with Crippen molar-refractivity contribution in [2.75, 3.05) is 20.6 Å². The molecule has 35 heavy (non-hydrogen) atoms. The smallest absolute Gasteiger partial charge is 0.309 e. The number of hydrogen-bond acceptors (Lipinski definition) is 6. The molecule has 184 valence electrons. The predicted molar refractivity (Wildman–Crippen MR) is 130 cm³/mol. The first kappa shape index (κ1) is 26.0. The van der Waals surface area contributed by atoms with Crippen LogP contribution in [0.25, 0.3) is 22.6 Å². The van der Waals surface area contributed by atoms with Gasteiger partial charge in [0.15, 0.2) is 5.82 Å². The summed E-state index contributed by atoms with van der Waals surface area (Å²) in [6.45, 7) is 1.37. The highest BCUT2D eigenvalue weighted by atomic mass is 35.5. The molecule has 0 saturated carbocycles. The van der Waals surface area contributed by atoms with Crippen LogP contribution >= 0.6 is 12.4 Å². The average molecular weight is 504 g/mol. The maximum atomic E-state index is 13.6. The van der Waals surface area contributed by atoms with E-state index in [0.29, 0.717) is 17.9 Å². The van der Waals surface area contributed by atoms with Crippen LogP contribution in [0.15, 0.2) is 68.7 Å². The topological polar surface area (TPSA) is 86.2 Å². The van der Waals surface area contributed by atoms with Gasteiger partial charge in [-0.2, -0.15) is 5.10 Å². The minimum atomic E-state index is -0.730. The molecule has 0 aliphatic rings. The van der Waals surface area contributed by atoms with Crippen LogP contribution in [0.5, 0.6) is 0 Å². The van der Waals surface area contributed by atoms with E-state index in [1.807, 2.05) is 19.0 Å². The van der Waals surface area contributed by atoms with Gasteiger partial charge >= 0.3 is 5.76 Å². The van der Waals surface area contributed by atoms with E-state index >= 15 is 0 Å². The quantitative estimate of drug-likeness (QED) is 0.366. The molecule has 0 aliphatic heterocycles. The van der Waals surface area contributed by atoms with Crippen molar-refractivity contribution in [2.45, 2.75) is 19.5 Å². The lowest BCUT2D eigenvalue weighted by Crippen LogP contribution is -2.23. The molecule has 0 saturated heterocycles. The zero-order chi connectivity index (χ0) is 24.2. The van der Waals surface area contributed by atoms with Crippen molar-refractivity contribution < 1.29 is 13.3 Å². The first-order valence-corrected chi connectivity index (χ1v) is 10.7. The molecule has 0 spiro atoms. The molecule has 0 aliphatic carbocycles. The molecule has 2 heterocycles. The zero-order valence-electron chi connectivity index (χ0n) is 19.1. The van der Waals surface area contributed by atoms with Gasteiger partial charge in [0.05, 0.1) is 12.2 Å². The Morgan fingerprint density at radius 2 is 1.71 bits per heavy atom. The molecule has 2 aromatic carbocycles. The number of benzene rings is 2. The molecule has 4 aromatic rings. The average Bonchev–Trinajstić information content (AvgIpc) is 3.15. The Labute approximate surface area is 205 Å². The predicted octanol–water partition coefficient (Wildman–Crippen LogP) is 3.43. The molecule has 0 N–H and O–H groups in total. The van der Waals surface area contributed by atoms with Gasteiger partial charge in [0.25, 0.3) is 5.56 Å². The molecule has 0 atom stereocenters. The molecule has 0 amide bonds. The second kappa shape index (κ2) is 11.2. The Morgan fingerprint density at radius 3 is 2.43 bits per heavy atom. The Balaban J connectivity index is 0.00000342. The summed E-state index contributed by atoms with van der Waals surface area (Å²) in [5.74, 6) is -1.60. The van der Waals surface area contributed by atoms with Crippen LogP contribution in [-0.4, -0.2) is 45.0 Å². The standard InChI is InChI=1S/C24H23F2N5O3.ClH/c1-29(2)9-4-10-30-23(28-34-24(30)33)17-6-3-5-16(11-17)15-31-22(32)8-7-21(27-31)18-12-19(25)14-20(26)13-18;/h3,5-8,11-14H,4,9-10,15H2,1-2H3;1H. The summed E-state index contributed by atoms with van der Waals surface area (Å²) in [6, 6.07) is 13.0. The summed E-state index contributed by atoms with van der Waals surface area (Å²) < 4.78 is 34.8. The fraction of sp³-hybridized carbons (Fsp3) is 0.250. The van der Waals surface area contributed by atoms with Gasteiger partial charge < -0.3 is 4.90 Å². The Bertz CT molecular complexity index is 1410. The number of halogens is 3. The molecule has 0 radical (unpaired) electrons. The van der Waals surface area contributed by atoms with E-state index in [1.165, 1.54) is 21.4 Å². The van der Waals surface area contributed by atoms with Crippen molar-refractivity contribution in [3.63, 3.8) is 0 Å². The van der Waals surface area contributed by atoms with Gasteiger partial charge in [-0.05, 0) is 56.9 Å². The third-order valence-corrected chi connectivity index (χ3v) is 5.22. The second-order valence-corrected chi connectivity index (χ2v) is 8.15. The fourth-order valence-electron chi connectivity index (χ4n) is 3.62. The largest absolute Gasteiger partial charge is 0.441 e. The van der Waals surface area contributed by atoms with Crippen LogP contribution < -0.4 is 11.3 Å². The van der Waals surface area contributed by atoms with Gasteiger partial charge in [0.1, 0.15) is 11.6 Å². The molecule has 0 bridgehead atoms. The molecule has 0 fully saturated rings. The van der Waals surface area contributed by atoms with Crippen LogP contribution in [0.4, 0.5) is 8.78 Å². The monoisotopic (exact) mass is 503 g/mol. The molecule has 2 aromatic heterocycles. The summed E-state index contributed by atoms with van der Waals surface area (Å²) >= 11 is 0. The van der Waals surface area contributed by atoms with Gasteiger partial charge in [-0.25, -0.2) is 18.3 Å². The normalized spacial score (nSPS) is 11.0. The van der Waals surface area contributed by atoms with Gasteiger partial charge in [-0.15, -0.1) is 12.4 Å². The molecular formula is C24H24ClF2N5O3. The van der Waals surface area contributed by atoms with Crippen molar-refractivity contribution >= 4 is 12.4 Å². The van der Waals surface area contributed by atoms with Gasteiger partial charge in [0.2, 0.25) is 0 Å². The Kier molecular flexibility index (Phi) is 8.31. The summed E-state index contributed by atoms with van der Waals surface area (Å²) in [5.41, 5.74) is 1.51. The van der Waals surface area contributed by atoms with E-state index in [-0.39, 0.29) is 35.8 Å². The fourth-order valence-corrected chi connectivity index (χ4v) is 3.62. The number of aromatic nitrogens is 4. The van der Waals surface area contributed by atoms with Crippen LogP contribution in [-0.2, 0) is 13.1 Å². The molecule has 8 nitrogen and oxygen atoms in total. The van der Waals surface area contributed by atoms with Crippen molar-refractivity contribution in [1.82, 2.24) is 24.4 Å². The third kappa shape index (κ3) is 6.28. The highest BCUT2D eigenvalue weighted by Crippen LogP contribution is 2.20. The lowest BCUT2D eigenvalue weighted by Gasteiger charge is -2.11. The van der Waals surface area contributed by atoms with Crippen LogP contribution in [0.3, 0.4) is 0 Å². The van der Waals surface area contributed by atoms with E-state index in [9.17, 15) is 18.4 Å². The van der Waals surface area contributed by atoms with Crippen molar-refractivity contribution in [3.8, 4) is 22.6 Å². The van der Waals surface area contributed by atoms with E-state index in [1.54, 1.807) is 24.3 Å². The molecule has 4 rings (SSSR count). The SMILES string of the molecule is CN(C)CCCn1c(-c2cccc(Cn3nc(-c4cc(F)cc(F)c4)ccc3=O)c2)noc1=O.Cl. The lowest BCUT2D eigenvalue weighted by atomic mass is 10.1. The number of nitrogens with zero attached hydrogens (tertiary/aromatic N) is 5. The highest BCUT2D eigenvalue weighted by Gasteiger charge is 2.14. The minimum Gasteiger partial charge on any atom is -0.309 e. The summed E-state index contributed by atoms with van der Waals surface area (Å²) in [5, 5.41) is 8.20. The second-order valence-electron chi connectivity index (χ2n) is 8.15. The zero-order valence-corrected chi connectivity index (χ0v) is 20.0. The Hall–Kier alpha value is -3.63. The van der Waals surface area contributed by atoms with E-state index in [0.717, 1.165) is 36.7 Å². The van der Waals surface area contributed by atoms with Crippen LogP contribution in [0.1, 0.15) is 12.0 Å². The number of rotatable bonds is 8. The first-order chi connectivity index (χ1) is 16.3.